The second kappa shape index (κ2) is 5.34. The maximum Gasteiger partial charge on any atom is 0.230 e. The van der Waals surface area contributed by atoms with E-state index >= 15 is 0 Å². The van der Waals surface area contributed by atoms with Crippen LogP contribution in [0.1, 0.15) is 16.7 Å². The summed E-state index contributed by atoms with van der Waals surface area (Å²) in [5.74, 6) is -1.02. The minimum atomic E-state index is -0.635. The molecule has 0 aliphatic heterocycles. The van der Waals surface area contributed by atoms with Crippen molar-refractivity contribution in [2.24, 2.45) is 7.05 Å². The van der Waals surface area contributed by atoms with Crippen LogP contribution in [0.15, 0.2) is 34.9 Å². The molecule has 0 radical (unpaired) electrons. The topological polar surface area (TPSA) is 29.9 Å². The number of aryl methyl sites for hydroxylation is 4. The van der Waals surface area contributed by atoms with Gasteiger partial charge in [-0.25, -0.2) is 8.96 Å². The van der Waals surface area contributed by atoms with Gasteiger partial charge in [-0.3, -0.25) is 0 Å². The molecule has 0 atom stereocenters. The smallest absolute Gasteiger partial charge is 0.230 e. The number of hydrogen-bond acceptors (Lipinski definition) is 2. The fourth-order valence-electron chi connectivity index (χ4n) is 3.40. The molecule has 0 spiro atoms. The zero-order valence-electron chi connectivity index (χ0n) is 14.4. The summed E-state index contributed by atoms with van der Waals surface area (Å²) in [7, 11) is 1.93. The molecule has 0 saturated heterocycles. The highest BCUT2D eigenvalue weighted by molar-refractivity contribution is 6.10. The molecule has 25 heavy (non-hydrogen) atoms. The van der Waals surface area contributed by atoms with E-state index in [9.17, 15) is 8.78 Å². The van der Waals surface area contributed by atoms with Gasteiger partial charge in [-0.15, -0.1) is 0 Å². The van der Waals surface area contributed by atoms with Crippen molar-refractivity contribution in [1.82, 2.24) is 4.98 Å². The van der Waals surface area contributed by atoms with Crippen LogP contribution in [0.3, 0.4) is 0 Å². The fraction of sp³-hybridized carbons (Fsp3) is 0.200. The van der Waals surface area contributed by atoms with E-state index in [0.717, 1.165) is 22.4 Å². The molecule has 0 unspecified atom stereocenters. The highest BCUT2D eigenvalue weighted by Gasteiger charge is 2.25. The van der Waals surface area contributed by atoms with Gasteiger partial charge in [0, 0.05) is 12.1 Å². The van der Waals surface area contributed by atoms with Crippen LogP contribution in [0.25, 0.3) is 33.3 Å². The molecular weight excluding hydrogens is 322 g/mol. The molecule has 4 rings (SSSR count). The zero-order chi connectivity index (χ0) is 17.9. The summed E-state index contributed by atoms with van der Waals surface area (Å²) in [6.45, 7) is 5.57. The van der Waals surface area contributed by atoms with Crippen molar-refractivity contribution in [2.75, 3.05) is 0 Å². The van der Waals surface area contributed by atoms with Crippen LogP contribution in [-0.4, -0.2) is 4.98 Å². The minimum Gasteiger partial charge on any atom is -0.437 e. The normalized spacial score (nSPS) is 11.6. The summed E-state index contributed by atoms with van der Waals surface area (Å²) >= 11 is 0. The molecule has 0 saturated carbocycles. The molecule has 3 aromatic heterocycles. The lowest BCUT2D eigenvalue weighted by molar-refractivity contribution is -0.660. The molecule has 0 N–H and O–H groups in total. The molecule has 5 heteroatoms. The maximum absolute atomic E-state index is 14.8. The van der Waals surface area contributed by atoms with Gasteiger partial charge in [-0.2, -0.15) is 9.37 Å². The minimum absolute atomic E-state index is 0.119. The monoisotopic (exact) mass is 339 g/mol. The van der Waals surface area contributed by atoms with E-state index in [1.807, 2.05) is 43.8 Å². The molecule has 0 bridgehead atoms. The van der Waals surface area contributed by atoms with Gasteiger partial charge < -0.3 is 4.42 Å². The number of rotatable bonds is 1. The number of halogens is 2. The van der Waals surface area contributed by atoms with Gasteiger partial charge in [0.25, 0.3) is 0 Å². The van der Waals surface area contributed by atoms with Crippen LogP contribution >= 0.6 is 0 Å². The molecule has 3 heterocycles. The molecule has 0 aliphatic rings. The van der Waals surface area contributed by atoms with E-state index in [1.54, 1.807) is 6.92 Å². The summed E-state index contributed by atoms with van der Waals surface area (Å²) in [6, 6.07) is 6.81. The first-order valence-corrected chi connectivity index (χ1v) is 8.02. The van der Waals surface area contributed by atoms with Crippen molar-refractivity contribution < 1.29 is 17.8 Å². The molecule has 4 aromatic rings. The molecule has 126 valence electrons. The van der Waals surface area contributed by atoms with E-state index in [1.165, 1.54) is 12.1 Å². The Morgan fingerprint density at radius 3 is 2.52 bits per heavy atom. The summed E-state index contributed by atoms with van der Waals surface area (Å²) in [5.41, 5.74) is 4.65. The molecule has 1 aromatic carbocycles. The molecular formula is C20H17F2N2O+. The van der Waals surface area contributed by atoms with Crippen LogP contribution in [0.4, 0.5) is 8.78 Å². The second-order valence-corrected chi connectivity index (χ2v) is 6.50. The Morgan fingerprint density at radius 2 is 1.76 bits per heavy atom. The molecule has 0 aliphatic carbocycles. The number of hydrogen-bond donors (Lipinski definition) is 0. The summed E-state index contributed by atoms with van der Waals surface area (Å²) in [6.07, 6.45) is 1.95. The first-order chi connectivity index (χ1) is 11.9. The van der Waals surface area contributed by atoms with Crippen LogP contribution in [0, 0.1) is 32.5 Å². The summed E-state index contributed by atoms with van der Waals surface area (Å²) in [4.78, 5) is 3.81. The largest absolute Gasteiger partial charge is 0.437 e. The molecule has 0 amide bonds. The number of pyridine rings is 2. The SMILES string of the molecule is Cc1cc[n+](C)c(-c2c(C)cc(F)c3c2oc2nc(F)cc(C)c23)c1. The average Bonchev–Trinajstić information content (AvgIpc) is 2.90. The molecule has 0 fully saturated rings. The van der Waals surface area contributed by atoms with E-state index < -0.39 is 5.95 Å². The third-order valence-electron chi connectivity index (χ3n) is 4.59. The van der Waals surface area contributed by atoms with Gasteiger partial charge in [0.15, 0.2) is 11.8 Å². The van der Waals surface area contributed by atoms with Gasteiger partial charge in [-0.05, 0) is 49.6 Å². The van der Waals surface area contributed by atoms with Gasteiger partial charge >= 0.3 is 0 Å². The quantitative estimate of drug-likeness (QED) is 0.372. The van der Waals surface area contributed by atoms with Crippen molar-refractivity contribution in [3.05, 3.63) is 58.9 Å². The third-order valence-corrected chi connectivity index (χ3v) is 4.59. The second-order valence-electron chi connectivity index (χ2n) is 6.50. The van der Waals surface area contributed by atoms with Gasteiger partial charge in [0.1, 0.15) is 12.9 Å². The average molecular weight is 339 g/mol. The summed E-state index contributed by atoms with van der Waals surface area (Å²) in [5, 5.41) is 0.868. The number of benzene rings is 1. The Morgan fingerprint density at radius 1 is 1.00 bits per heavy atom. The fourth-order valence-corrected chi connectivity index (χ4v) is 3.40. The Bertz CT molecular complexity index is 1160. The Kier molecular flexibility index (Phi) is 3.35. The predicted molar refractivity (Wildman–Crippen MR) is 92.3 cm³/mol. The lowest BCUT2D eigenvalue weighted by atomic mass is 9.99. The lowest BCUT2D eigenvalue weighted by Crippen LogP contribution is -2.30. The van der Waals surface area contributed by atoms with Gasteiger partial charge in [-0.1, -0.05) is 0 Å². The van der Waals surface area contributed by atoms with Crippen LogP contribution in [0.2, 0.25) is 0 Å². The number of furan rings is 1. The maximum atomic E-state index is 14.8. The number of fused-ring (bicyclic) bond motifs is 3. The standard InChI is InChI=1S/C20H17F2N2O/c1-10-5-6-24(4)14(7-10)16-11(2)8-13(21)18-17-12(3)9-15(22)23-20(17)25-19(16)18/h5-9H,1-4H3/q+1. The van der Waals surface area contributed by atoms with E-state index in [2.05, 4.69) is 4.98 Å². The Labute approximate surface area is 143 Å². The first kappa shape index (κ1) is 15.7. The van der Waals surface area contributed by atoms with Crippen molar-refractivity contribution in [3.63, 3.8) is 0 Å². The van der Waals surface area contributed by atoms with Crippen LogP contribution < -0.4 is 4.57 Å². The van der Waals surface area contributed by atoms with E-state index in [4.69, 9.17) is 4.42 Å². The first-order valence-electron chi connectivity index (χ1n) is 8.02. The highest BCUT2D eigenvalue weighted by Crippen LogP contribution is 2.39. The van der Waals surface area contributed by atoms with Crippen molar-refractivity contribution in [2.45, 2.75) is 20.8 Å². The predicted octanol–water partition coefficient (Wildman–Crippen LogP) is 4.68. The van der Waals surface area contributed by atoms with Crippen molar-refractivity contribution in [1.29, 1.82) is 0 Å². The Hall–Kier alpha value is -2.82. The van der Waals surface area contributed by atoms with Crippen molar-refractivity contribution in [3.8, 4) is 11.3 Å². The van der Waals surface area contributed by atoms with E-state index in [0.29, 0.717) is 21.9 Å². The van der Waals surface area contributed by atoms with E-state index in [-0.39, 0.29) is 11.5 Å². The number of aromatic nitrogens is 2. The van der Waals surface area contributed by atoms with Crippen LogP contribution in [0.5, 0.6) is 0 Å². The Balaban J connectivity index is 2.23. The zero-order valence-corrected chi connectivity index (χ0v) is 14.4. The van der Waals surface area contributed by atoms with Gasteiger partial charge in [0.2, 0.25) is 17.4 Å². The summed E-state index contributed by atoms with van der Waals surface area (Å²) < 4.78 is 36.3. The third kappa shape index (κ3) is 2.30. The number of nitrogens with zero attached hydrogens (tertiary/aromatic N) is 2. The van der Waals surface area contributed by atoms with Crippen LogP contribution in [-0.2, 0) is 7.05 Å². The van der Waals surface area contributed by atoms with Gasteiger partial charge in [0.05, 0.1) is 16.3 Å². The van der Waals surface area contributed by atoms with Crippen molar-refractivity contribution >= 4 is 22.1 Å². The highest BCUT2D eigenvalue weighted by atomic mass is 19.1. The lowest BCUT2D eigenvalue weighted by Gasteiger charge is -2.07. The molecule has 3 nitrogen and oxygen atoms in total.